The molecule has 0 aromatic carbocycles. The first kappa shape index (κ1) is 94.9. The van der Waals surface area contributed by atoms with Crippen LogP contribution in [0.4, 0.5) is 0 Å². The number of hydrogen-bond acceptors (Lipinski definition) is 15. The van der Waals surface area contributed by atoms with E-state index in [2.05, 4.69) is 75.5 Å². The third kappa shape index (κ3) is 72.7. The van der Waals surface area contributed by atoms with E-state index >= 15 is 0 Å². The molecule has 5 atom stereocenters. The van der Waals surface area contributed by atoms with E-state index in [0.29, 0.717) is 45.1 Å². The van der Waals surface area contributed by atoms with Crippen molar-refractivity contribution in [2.45, 2.75) is 373 Å². The molecule has 0 heterocycles. The molecule has 0 aromatic rings. The first-order chi connectivity index (χ1) is 47.8. The fourth-order valence-electron chi connectivity index (χ4n) is 10.9. The molecule has 0 aromatic heterocycles. The predicted molar refractivity (Wildman–Crippen MR) is 400 cm³/mol. The summed E-state index contributed by atoms with van der Waals surface area (Å²) >= 11 is 0. The summed E-state index contributed by atoms with van der Waals surface area (Å²) in [4.78, 5) is 70.3. The van der Waals surface area contributed by atoms with E-state index in [4.69, 9.17) is 37.0 Å². The van der Waals surface area contributed by atoms with E-state index in [1.807, 2.05) is 6.08 Å². The number of rotatable bonds is 77. The third-order valence-electron chi connectivity index (χ3n) is 17.0. The molecule has 0 aliphatic carbocycles. The Bertz CT molecular complexity index is 2060. The number of aliphatic hydroxyl groups excluding tert-OH is 1. The summed E-state index contributed by atoms with van der Waals surface area (Å²) in [5.41, 5.74) is 0. The van der Waals surface area contributed by atoms with E-state index in [1.165, 1.54) is 128 Å². The normalized spacial score (nSPS) is 14.3. The fourth-order valence-corrected chi connectivity index (χ4v) is 12.5. The summed E-state index contributed by atoms with van der Waals surface area (Å²) in [5.74, 6) is -1.49. The van der Waals surface area contributed by atoms with E-state index in [1.54, 1.807) is 0 Å². The Hall–Kier alpha value is -3.08. The number of phosphoric ester groups is 2. The second-order valence-electron chi connectivity index (χ2n) is 26.6. The number of ether oxygens (including phenoxy) is 4. The summed E-state index contributed by atoms with van der Waals surface area (Å²) in [7, 11) is -9.80. The summed E-state index contributed by atoms with van der Waals surface area (Å²) in [6.45, 7) is 3.49. The molecule has 19 heteroatoms. The number of carbonyl (C=O) groups excluding carboxylic acids is 4. The lowest BCUT2D eigenvalue weighted by atomic mass is 10.0. The van der Waals surface area contributed by atoms with Gasteiger partial charge in [0.05, 0.1) is 26.4 Å². The van der Waals surface area contributed by atoms with Crippen molar-refractivity contribution in [1.82, 2.24) is 0 Å². The van der Waals surface area contributed by atoms with Crippen molar-refractivity contribution in [2.75, 3.05) is 46.2 Å². The molecule has 2 unspecified atom stereocenters. The van der Waals surface area contributed by atoms with Crippen molar-refractivity contribution in [3.8, 4) is 0 Å². The minimum absolute atomic E-state index is 0.114. The standard InChI is InChI=1S/C79H144O17P2/c1-4-7-10-13-16-19-22-25-26-27-30-35-39-44-48-53-58-63-77(82)90-70-75(89-67-62-57-52-47-42-37-32-29-28-31-36-41-46-51-56-61-66-80)72-94-97(85,86)92-68-74(81)69-93-98(87,88)95-73-76(96-79(84)65-60-55-50-45-40-34-24-21-18-15-12-9-6-3)71-91-78(83)64-59-54-49-43-38-33-23-20-17-14-11-8-5-2/h16,19,25-26,28,30-31,35,44,48,66,74-76,81H,4-15,17-18,20-24,27,29,32-34,36-43,45-47,49-65,67-73H2,1-3H3,(H,85,86)(H,87,88)/b19-16-,26-25-,31-28-,35-30-,48-44-/t74-,75-,76-/m1/s1. The van der Waals surface area contributed by atoms with Crippen molar-refractivity contribution in [2.24, 2.45) is 0 Å². The molecule has 3 N–H and O–H groups in total. The lowest BCUT2D eigenvalue weighted by Gasteiger charge is -2.21. The van der Waals surface area contributed by atoms with Gasteiger partial charge in [0, 0.05) is 32.3 Å². The lowest BCUT2D eigenvalue weighted by molar-refractivity contribution is -0.161. The van der Waals surface area contributed by atoms with Crippen LogP contribution in [0.25, 0.3) is 0 Å². The quantitative estimate of drug-likeness (QED) is 0.0128. The number of allylic oxidation sites excluding steroid dienone is 10. The van der Waals surface area contributed by atoms with Gasteiger partial charge in [0.1, 0.15) is 31.7 Å². The van der Waals surface area contributed by atoms with Crippen LogP contribution in [0.3, 0.4) is 0 Å². The molecule has 0 aliphatic rings. The number of unbranched alkanes of at least 4 members (excludes halogenated alkanes) is 40. The molecule has 0 amide bonds. The molecule has 17 nitrogen and oxygen atoms in total. The first-order valence-corrected chi connectivity index (χ1v) is 42.5. The number of phosphoric acid groups is 2. The molecule has 98 heavy (non-hydrogen) atoms. The Morgan fingerprint density at radius 1 is 0.327 bits per heavy atom. The van der Waals surface area contributed by atoms with Crippen LogP contribution in [-0.4, -0.2) is 104 Å². The lowest BCUT2D eigenvalue weighted by Crippen LogP contribution is -2.30. The summed E-state index contributed by atoms with van der Waals surface area (Å²) in [6.07, 6.45) is 72.7. The SMILES string of the molecule is CCCCC/C=C\C/C=C\C/C=C\C/C=C\CCCC(=O)OC[C@H](COP(=O)(O)OC[C@@H](O)COP(=O)(O)OC[C@@H](COC(=O)CCCCCCCCCCCCCCC)OC(=O)CCCCCCCCCCCCCCC)OCCCCCCCCC/C=C\CCCCCCC=O. The van der Waals surface area contributed by atoms with Gasteiger partial charge in [-0.2, -0.15) is 0 Å². The van der Waals surface area contributed by atoms with E-state index in [0.717, 1.165) is 154 Å². The van der Waals surface area contributed by atoms with Gasteiger partial charge in [0.15, 0.2) is 6.10 Å². The third-order valence-corrected chi connectivity index (χ3v) is 18.9. The van der Waals surface area contributed by atoms with Crippen LogP contribution in [0, 0.1) is 0 Å². The van der Waals surface area contributed by atoms with Crippen molar-refractivity contribution >= 4 is 39.8 Å². The summed E-state index contributed by atoms with van der Waals surface area (Å²) in [6, 6.07) is 0. The first-order valence-electron chi connectivity index (χ1n) is 39.5. The van der Waals surface area contributed by atoms with Crippen LogP contribution >= 0.6 is 15.6 Å². The molecule has 0 saturated carbocycles. The summed E-state index contributed by atoms with van der Waals surface area (Å²) < 4.78 is 69.2. The molecule has 572 valence electrons. The second kappa shape index (κ2) is 73.7. The molecule has 0 radical (unpaired) electrons. The van der Waals surface area contributed by atoms with Crippen molar-refractivity contribution in [3.63, 3.8) is 0 Å². The van der Waals surface area contributed by atoms with Crippen LogP contribution < -0.4 is 0 Å². The highest BCUT2D eigenvalue weighted by Crippen LogP contribution is 2.45. The fraction of sp³-hybridized carbons (Fsp3) is 0.823. The Labute approximate surface area is 597 Å². The Morgan fingerprint density at radius 3 is 1.03 bits per heavy atom. The Kier molecular flexibility index (Phi) is 71.3. The van der Waals surface area contributed by atoms with Gasteiger partial charge >= 0.3 is 33.6 Å². The topological polar surface area (TPSA) is 237 Å². The molecular formula is C79H144O17P2. The molecular weight excluding hydrogens is 1280 g/mol. The molecule has 0 spiro atoms. The monoisotopic (exact) mass is 1430 g/mol. The average molecular weight is 1430 g/mol. The van der Waals surface area contributed by atoms with Gasteiger partial charge in [-0.05, 0) is 96.3 Å². The second-order valence-corrected chi connectivity index (χ2v) is 29.5. The number of esters is 3. The van der Waals surface area contributed by atoms with Gasteiger partial charge in [0.25, 0.3) is 0 Å². The van der Waals surface area contributed by atoms with Crippen molar-refractivity contribution in [1.29, 1.82) is 0 Å². The molecule has 0 saturated heterocycles. The van der Waals surface area contributed by atoms with Crippen molar-refractivity contribution in [3.05, 3.63) is 60.8 Å². The zero-order valence-electron chi connectivity index (χ0n) is 62.3. The van der Waals surface area contributed by atoms with E-state index in [9.17, 15) is 43.2 Å². The van der Waals surface area contributed by atoms with Gasteiger partial charge in [-0.3, -0.25) is 32.5 Å². The highest BCUT2D eigenvalue weighted by atomic mass is 31.2. The maximum absolute atomic E-state index is 13.1. The van der Waals surface area contributed by atoms with Crippen LogP contribution in [0.15, 0.2) is 60.8 Å². The maximum atomic E-state index is 13.1. The largest absolute Gasteiger partial charge is 0.472 e. The minimum Gasteiger partial charge on any atom is -0.463 e. The van der Waals surface area contributed by atoms with Gasteiger partial charge in [-0.15, -0.1) is 0 Å². The summed E-state index contributed by atoms with van der Waals surface area (Å²) in [5, 5.41) is 10.6. The highest BCUT2D eigenvalue weighted by molar-refractivity contribution is 7.47. The van der Waals surface area contributed by atoms with E-state index < -0.39 is 84.9 Å². The number of hydrogen-bond donors (Lipinski definition) is 3. The van der Waals surface area contributed by atoms with Gasteiger partial charge in [-0.1, -0.05) is 293 Å². The van der Waals surface area contributed by atoms with Crippen LogP contribution in [0.1, 0.15) is 355 Å². The van der Waals surface area contributed by atoms with Crippen LogP contribution in [-0.2, 0) is 65.4 Å². The highest BCUT2D eigenvalue weighted by Gasteiger charge is 2.30. The minimum atomic E-state index is -4.94. The van der Waals surface area contributed by atoms with Gasteiger partial charge in [0.2, 0.25) is 0 Å². The molecule has 0 fully saturated rings. The van der Waals surface area contributed by atoms with Gasteiger partial charge in [-0.25, -0.2) is 9.13 Å². The number of aldehydes is 1. The van der Waals surface area contributed by atoms with Crippen LogP contribution in [0.2, 0.25) is 0 Å². The van der Waals surface area contributed by atoms with Crippen LogP contribution in [0.5, 0.6) is 0 Å². The zero-order valence-corrected chi connectivity index (χ0v) is 64.0. The Balaban J connectivity index is 5.28. The number of carbonyl (C=O) groups is 4. The number of aliphatic hydroxyl groups is 1. The van der Waals surface area contributed by atoms with E-state index in [-0.39, 0.29) is 25.9 Å². The average Bonchev–Trinajstić information content (AvgIpc) is 1.09. The van der Waals surface area contributed by atoms with Gasteiger partial charge < -0.3 is 38.6 Å². The molecule has 0 bridgehead atoms. The zero-order chi connectivity index (χ0) is 71.6. The molecule has 0 aliphatic heterocycles. The smallest absolute Gasteiger partial charge is 0.463 e. The predicted octanol–water partition coefficient (Wildman–Crippen LogP) is 22.3. The maximum Gasteiger partial charge on any atom is 0.472 e. The Morgan fingerprint density at radius 2 is 0.612 bits per heavy atom. The molecule has 0 rings (SSSR count). The van der Waals surface area contributed by atoms with Crippen molar-refractivity contribution < 1.29 is 80.2 Å².